The van der Waals surface area contributed by atoms with Gasteiger partial charge in [-0.15, -0.1) is 51.8 Å². The molecule has 265 valence electrons. The molecule has 0 saturated carbocycles. The Morgan fingerprint density at radius 1 is 0.820 bits per heavy atom. The van der Waals surface area contributed by atoms with Gasteiger partial charge in [0.05, 0.1) is 0 Å². The van der Waals surface area contributed by atoms with E-state index in [2.05, 4.69) is 98.9 Å². The van der Waals surface area contributed by atoms with E-state index in [-0.39, 0.29) is 47.9 Å². The number of benzene rings is 3. The van der Waals surface area contributed by atoms with E-state index in [0.717, 1.165) is 42.3 Å². The first-order valence-electron chi connectivity index (χ1n) is 17.5. The molecule has 0 aliphatic heterocycles. The molecule has 6 rings (SSSR count). The van der Waals surface area contributed by atoms with Gasteiger partial charge in [0.2, 0.25) is 0 Å². The third-order valence-corrected chi connectivity index (χ3v) is 12.7. The number of pyridine rings is 1. The van der Waals surface area contributed by atoms with Crippen LogP contribution in [0.4, 0.5) is 0 Å². The van der Waals surface area contributed by atoms with E-state index in [1.165, 1.54) is 47.6 Å². The zero-order valence-electron chi connectivity index (χ0n) is 30.9. The Morgan fingerprint density at radius 2 is 1.50 bits per heavy atom. The van der Waals surface area contributed by atoms with E-state index in [0.29, 0.717) is 0 Å². The molecule has 0 saturated heterocycles. The quantitative estimate of drug-likeness (QED) is 0.0894. The van der Waals surface area contributed by atoms with Gasteiger partial charge in [0.1, 0.15) is 5.76 Å². The van der Waals surface area contributed by atoms with Crippen LogP contribution in [-0.2, 0) is 30.3 Å². The molecule has 0 amide bonds. The average molecular weight is 881 g/mol. The van der Waals surface area contributed by atoms with Crippen LogP contribution < -0.4 is 0 Å². The summed E-state index contributed by atoms with van der Waals surface area (Å²) >= 11 is 3.63. The topological polar surface area (TPSA) is 50.2 Å². The standard InChI is InChI=1S/C29H22NS2.C15H28O2.Ir/c1-29(2,3)24-15-21(14-19-6-4-5-7-22(19)24)28-23-17-27(32-25(23)10-12-30-28)20-9-8-18-11-13-31-26(18)16-20;1-7-14(5,8-2)12(16)11-13(17)15(6,9-3)10-4;/h4-13,15-17H,1-3H3;11,16H,7-10H2,1-6H3;/q-1;;/b;12-11-;. The molecule has 50 heavy (non-hydrogen) atoms. The molecule has 0 spiro atoms. The predicted molar refractivity (Wildman–Crippen MR) is 214 cm³/mol. The largest absolute Gasteiger partial charge is 0.512 e. The monoisotopic (exact) mass is 881 g/mol. The maximum absolute atomic E-state index is 12.2. The van der Waals surface area contributed by atoms with Crippen LogP contribution in [0, 0.1) is 16.9 Å². The van der Waals surface area contributed by atoms with Crippen molar-refractivity contribution in [3.05, 3.63) is 102 Å². The first-order chi connectivity index (χ1) is 23.3. The molecular weight excluding hydrogens is 831 g/mol. The summed E-state index contributed by atoms with van der Waals surface area (Å²) in [6, 6.07) is 27.9. The minimum atomic E-state index is -0.337. The molecule has 0 atom stereocenters. The van der Waals surface area contributed by atoms with Gasteiger partial charge >= 0.3 is 0 Å². The maximum Gasteiger partial charge on any atom is 0.164 e. The van der Waals surface area contributed by atoms with Crippen LogP contribution in [0.15, 0.2) is 90.1 Å². The molecule has 0 aliphatic rings. The number of aliphatic hydroxyl groups excluding tert-OH is 1. The van der Waals surface area contributed by atoms with E-state index >= 15 is 0 Å². The van der Waals surface area contributed by atoms with E-state index in [4.69, 9.17) is 4.98 Å². The number of hydrogen-bond donors (Lipinski definition) is 1. The van der Waals surface area contributed by atoms with E-state index in [9.17, 15) is 9.90 Å². The molecule has 0 fully saturated rings. The molecule has 3 nitrogen and oxygen atoms in total. The van der Waals surface area contributed by atoms with Gasteiger partial charge in [-0.2, -0.15) is 0 Å². The molecule has 0 unspecified atom stereocenters. The van der Waals surface area contributed by atoms with Crippen molar-refractivity contribution in [2.75, 3.05) is 0 Å². The van der Waals surface area contributed by atoms with Crippen molar-refractivity contribution < 1.29 is 30.0 Å². The van der Waals surface area contributed by atoms with Crippen molar-refractivity contribution in [3.8, 4) is 21.7 Å². The van der Waals surface area contributed by atoms with Gasteiger partial charge in [-0.3, -0.25) is 9.78 Å². The first-order valence-corrected chi connectivity index (χ1v) is 19.2. The summed E-state index contributed by atoms with van der Waals surface area (Å²) in [4.78, 5) is 18.3. The van der Waals surface area contributed by atoms with Crippen LogP contribution in [-0.4, -0.2) is 15.9 Å². The van der Waals surface area contributed by atoms with Crippen molar-refractivity contribution >= 4 is 59.4 Å². The van der Waals surface area contributed by atoms with Gasteiger partial charge in [-0.25, -0.2) is 0 Å². The molecule has 0 aliphatic carbocycles. The van der Waals surface area contributed by atoms with E-state index < -0.39 is 0 Å². The van der Waals surface area contributed by atoms with Crippen molar-refractivity contribution in [1.82, 2.24) is 4.98 Å². The van der Waals surface area contributed by atoms with Crippen molar-refractivity contribution in [2.45, 2.75) is 93.4 Å². The Labute approximate surface area is 320 Å². The second-order valence-electron chi connectivity index (χ2n) is 14.7. The number of aliphatic hydroxyl groups is 1. The first kappa shape index (κ1) is 39.6. The summed E-state index contributed by atoms with van der Waals surface area (Å²) < 4.78 is 2.59. The maximum atomic E-state index is 12.2. The normalized spacial score (nSPS) is 12.5. The van der Waals surface area contributed by atoms with Crippen LogP contribution in [0.5, 0.6) is 0 Å². The summed E-state index contributed by atoms with van der Waals surface area (Å²) in [7, 11) is 0. The number of fused-ring (bicyclic) bond motifs is 3. The molecule has 1 N–H and O–H groups in total. The van der Waals surface area contributed by atoms with Crippen LogP contribution in [0.2, 0.25) is 0 Å². The number of thiophene rings is 2. The Balaban J connectivity index is 0.000000269. The summed E-state index contributed by atoms with van der Waals surface area (Å²) in [6.07, 6.45) is 6.69. The summed E-state index contributed by atoms with van der Waals surface area (Å²) in [5.41, 5.74) is 4.11. The number of allylic oxidation sites excluding steroid dienone is 2. The molecule has 6 aromatic rings. The number of carbonyl (C=O) groups excluding carboxylic acids is 1. The average Bonchev–Trinajstić information content (AvgIpc) is 3.77. The molecule has 3 heterocycles. The molecule has 0 bridgehead atoms. The SMILES string of the molecule is CC(C)(C)c1cc(-c2nccc3sc(-c4ccc5ccsc5c4)cc23)[c-]c2ccccc12.CCC(C)(CC)C(=O)/C=C(\O)C(C)(CC)CC.[Ir]. The Morgan fingerprint density at radius 3 is 2.16 bits per heavy atom. The van der Waals surface area contributed by atoms with Crippen molar-refractivity contribution in [1.29, 1.82) is 0 Å². The number of carbonyl (C=O) groups is 1. The molecule has 1 radical (unpaired) electrons. The third-order valence-electron chi connectivity index (χ3n) is 10.6. The fourth-order valence-electron chi connectivity index (χ4n) is 6.09. The molecule has 3 aromatic heterocycles. The zero-order valence-corrected chi connectivity index (χ0v) is 34.9. The second-order valence-corrected chi connectivity index (χ2v) is 16.7. The van der Waals surface area contributed by atoms with Gasteiger partial charge in [0.25, 0.3) is 0 Å². The number of aromatic nitrogens is 1. The van der Waals surface area contributed by atoms with E-state index in [1.807, 2.05) is 59.1 Å². The minimum Gasteiger partial charge on any atom is -0.512 e. The van der Waals surface area contributed by atoms with Crippen LogP contribution >= 0.6 is 22.7 Å². The van der Waals surface area contributed by atoms with Gasteiger partial charge < -0.3 is 5.11 Å². The van der Waals surface area contributed by atoms with Gasteiger partial charge in [-0.05, 0) is 77.1 Å². The summed E-state index contributed by atoms with van der Waals surface area (Å²) in [6.45, 7) is 18.9. The number of nitrogens with zero attached hydrogens (tertiary/aromatic N) is 1. The van der Waals surface area contributed by atoms with E-state index in [1.54, 1.807) is 11.3 Å². The Hall–Kier alpha value is -3.15. The molecule has 3 aromatic carbocycles. The van der Waals surface area contributed by atoms with Crippen LogP contribution in [0.1, 0.15) is 93.6 Å². The summed E-state index contributed by atoms with van der Waals surface area (Å²) in [5, 5.41) is 17.2. The fourth-order valence-corrected chi connectivity index (χ4v) is 7.97. The molecule has 6 heteroatoms. The fraction of sp³-hybridized carbons (Fsp3) is 0.364. The number of hydrogen-bond acceptors (Lipinski definition) is 5. The molecular formula is C44H50IrNO2S2-. The number of rotatable bonds is 9. The Kier molecular flexibility index (Phi) is 12.7. The van der Waals surface area contributed by atoms with Crippen molar-refractivity contribution in [2.24, 2.45) is 10.8 Å². The third kappa shape index (κ3) is 8.15. The predicted octanol–water partition coefficient (Wildman–Crippen LogP) is 13.7. The zero-order chi connectivity index (χ0) is 35.6. The minimum absolute atomic E-state index is 0. The second kappa shape index (κ2) is 16.0. The van der Waals surface area contributed by atoms with Gasteiger partial charge in [0.15, 0.2) is 5.78 Å². The van der Waals surface area contributed by atoms with Gasteiger partial charge in [-0.1, -0.05) is 104 Å². The van der Waals surface area contributed by atoms with Crippen LogP contribution in [0.3, 0.4) is 0 Å². The summed E-state index contributed by atoms with van der Waals surface area (Å²) in [5.74, 6) is 0.286. The number of ketones is 1. The van der Waals surface area contributed by atoms with Gasteiger partial charge in [0, 0.05) is 63.2 Å². The smallest absolute Gasteiger partial charge is 0.164 e. The Bertz CT molecular complexity index is 2120. The van der Waals surface area contributed by atoms with Crippen LogP contribution in [0.25, 0.3) is 52.6 Å². The van der Waals surface area contributed by atoms with Crippen molar-refractivity contribution in [3.63, 3.8) is 0 Å².